The Hall–Kier alpha value is -1.79. The number of ether oxygens (including phenoxy) is 1. The standard InChI is InChI=1S/C15H18N2O3S/c1-11(2)9-19-8-7-16-14(18)10-21-15-17-12-5-3-4-6-13(12)20-15/h3-6H,1,7-10H2,2H3,(H,16,18). The highest BCUT2D eigenvalue weighted by Crippen LogP contribution is 2.22. The van der Waals surface area contributed by atoms with E-state index in [9.17, 15) is 4.79 Å². The number of para-hydroxylation sites is 2. The second kappa shape index (κ2) is 7.85. The second-order valence-corrected chi connectivity index (χ2v) is 5.52. The first kappa shape index (κ1) is 15.6. The van der Waals surface area contributed by atoms with Crippen LogP contribution in [0.5, 0.6) is 0 Å². The molecule has 1 N–H and O–H groups in total. The summed E-state index contributed by atoms with van der Waals surface area (Å²) in [5.74, 6) is 0.203. The number of thioether (sulfide) groups is 1. The first-order valence-electron chi connectivity index (χ1n) is 6.62. The summed E-state index contributed by atoms with van der Waals surface area (Å²) in [5, 5.41) is 3.28. The van der Waals surface area contributed by atoms with Gasteiger partial charge in [-0.1, -0.05) is 36.0 Å². The molecule has 0 saturated carbocycles. The summed E-state index contributed by atoms with van der Waals surface area (Å²) in [6.07, 6.45) is 0. The van der Waals surface area contributed by atoms with E-state index in [4.69, 9.17) is 9.15 Å². The van der Waals surface area contributed by atoms with E-state index in [0.717, 1.165) is 16.7 Å². The molecule has 5 nitrogen and oxygen atoms in total. The third kappa shape index (κ3) is 5.24. The van der Waals surface area contributed by atoms with Crippen molar-refractivity contribution in [1.82, 2.24) is 10.3 Å². The third-order valence-electron chi connectivity index (χ3n) is 2.52. The Bertz CT molecular complexity index is 591. The van der Waals surface area contributed by atoms with Crippen LogP contribution in [0, 0.1) is 0 Å². The van der Waals surface area contributed by atoms with Crippen molar-refractivity contribution in [2.45, 2.75) is 12.1 Å². The van der Waals surface area contributed by atoms with E-state index < -0.39 is 0 Å². The van der Waals surface area contributed by atoms with E-state index in [1.165, 1.54) is 11.8 Å². The summed E-state index contributed by atoms with van der Waals surface area (Å²) in [7, 11) is 0. The normalized spacial score (nSPS) is 10.7. The molecule has 0 saturated heterocycles. The van der Waals surface area contributed by atoms with Gasteiger partial charge in [0, 0.05) is 6.54 Å². The lowest BCUT2D eigenvalue weighted by molar-refractivity contribution is -0.118. The predicted molar refractivity (Wildman–Crippen MR) is 83.4 cm³/mol. The van der Waals surface area contributed by atoms with Gasteiger partial charge in [0.1, 0.15) is 5.52 Å². The van der Waals surface area contributed by atoms with Crippen molar-refractivity contribution >= 4 is 28.8 Å². The van der Waals surface area contributed by atoms with Crippen LogP contribution in [0.2, 0.25) is 0 Å². The fourth-order valence-corrected chi connectivity index (χ4v) is 2.27. The summed E-state index contributed by atoms with van der Waals surface area (Å²) >= 11 is 1.28. The first-order chi connectivity index (χ1) is 10.1. The number of hydrogen-bond donors (Lipinski definition) is 1. The van der Waals surface area contributed by atoms with Crippen LogP contribution in [-0.2, 0) is 9.53 Å². The molecule has 0 radical (unpaired) electrons. The minimum atomic E-state index is -0.0684. The molecule has 0 atom stereocenters. The number of rotatable bonds is 8. The predicted octanol–water partition coefficient (Wildman–Crippen LogP) is 2.63. The van der Waals surface area contributed by atoms with Crippen molar-refractivity contribution in [2.24, 2.45) is 0 Å². The summed E-state index contributed by atoms with van der Waals surface area (Å²) in [6, 6.07) is 7.52. The zero-order valence-electron chi connectivity index (χ0n) is 11.9. The van der Waals surface area contributed by atoms with Crippen LogP contribution >= 0.6 is 11.8 Å². The number of oxazole rings is 1. The Morgan fingerprint density at radius 1 is 1.48 bits per heavy atom. The van der Waals surface area contributed by atoms with Crippen molar-refractivity contribution in [1.29, 1.82) is 0 Å². The lowest BCUT2D eigenvalue weighted by Crippen LogP contribution is -2.28. The Labute approximate surface area is 127 Å². The maximum atomic E-state index is 11.7. The molecule has 2 aromatic rings. The SMILES string of the molecule is C=C(C)COCCNC(=O)CSc1nc2ccccc2o1. The number of amides is 1. The number of aromatic nitrogens is 1. The fraction of sp³-hybridized carbons (Fsp3) is 0.333. The zero-order valence-corrected chi connectivity index (χ0v) is 12.7. The molecule has 1 heterocycles. The number of carbonyl (C=O) groups is 1. The molecule has 1 aromatic heterocycles. The average Bonchev–Trinajstić information content (AvgIpc) is 2.87. The van der Waals surface area contributed by atoms with Gasteiger partial charge >= 0.3 is 0 Å². The Balaban J connectivity index is 1.67. The summed E-state index contributed by atoms with van der Waals surface area (Å²) in [4.78, 5) is 15.9. The summed E-state index contributed by atoms with van der Waals surface area (Å²) < 4.78 is 10.8. The second-order valence-electron chi connectivity index (χ2n) is 4.60. The Morgan fingerprint density at radius 2 is 2.29 bits per heavy atom. The smallest absolute Gasteiger partial charge is 0.257 e. The molecule has 112 valence electrons. The topological polar surface area (TPSA) is 64.4 Å². The zero-order chi connectivity index (χ0) is 15.1. The van der Waals surface area contributed by atoms with Gasteiger partial charge in [-0.2, -0.15) is 0 Å². The van der Waals surface area contributed by atoms with Crippen LogP contribution in [0.1, 0.15) is 6.92 Å². The molecule has 0 aliphatic carbocycles. The van der Waals surface area contributed by atoms with Crippen LogP contribution in [0.4, 0.5) is 0 Å². The number of nitrogens with one attached hydrogen (secondary N) is 1. The van der Waals surface area contributed by atoms with Gasteiger partial charge < -0.3 is 14.5 Å². The molecule has 1 aromatic carbocycles. The molecule has 6 heteroatoms. The molecule has 2 rings (SSSR count). The number of benzene rings is 1. The van der Waals surface area contributed by atoms with Crippen molar-refractivity contribution in [3.8, 4) is 0 Å². The van der Waals surface area contributed by atoms with Crippen LogP contribution in [0.25, 0.3) is 11.1 Å². The van der Waals surface area contributed by atoms with E-state index >= 15 is 0 Å². The number of fused-ring (bicyclic) bond motifs is 1. The van der Waals surface area contributed by atoms with Crippen molar-refractivity contribution in [3.63, 3.8) is 0 Å². The molecular formula is C15H18N2O3S. The molecule has 0 unspecified atom stereocenters. The van der Waals surface area contributed by atoms with Crippen LogP contribution in [0.15, 0.2) is 46.1 Å². The molecule has 0 bridgehead atoms. The molecule has 0 spiro atoms. The van der Waals surface area contributed by atoms with Gasteiger partial charge in [0.05, 0.1) is 19.0 Å². The lowest BCUT2D eigenvalue weighted by atomic mass is 10.3. The van der Waals surface area contributed by atoms with E-state index in [1.807, 2.05) is 31.2 Å². The van der Waals surface area contributed by atoms with E-state index in [-0.39, 0.29) is 11.7 Å². The van der Waals surface area contributed by atoms with Gasteiger partial charge in [-0.3, -0.25) is 4.79 Å². The van der Waals surface area contributed by atoms with Gasteiger partial charge in [-0.15, -0.1) is 0 Å². The van der Waals surface area contributed by atoms with Crippen molar-refractivity contribution < 1.29 is 13.9 Å². The summed E-state index contributed by atoms with van der Waals surface area (Å²) in [6.45, 7) is 7.12. The molecular weight excluding hydrogens is 288 g/mol. The highest BCUT2D eigenvalue weighted by atomic mass is 32.2. The quantitative estimate of drug-likeness (QED) is 0.461. The number of nitrogens with zero attached hydrogens (tertiary/aromatic N) is 1. The molecule has 1 amide bonds. The highest BCUT2D eigenvalue weighted by molar-refractivity contribution is 7.99. The largest absolute Gasteiger partial charge is 0.431 e. The van der Waals surface area contributed by atoms with Crippen molar-refractivity contribution in [3.05, 3.63) is 36.4 Å². The van der Waals surface area contributed by atoms with Crippen LogP contribution < -0.4 is 5.32 Å². The monoisotopic (exact) mass is 306 g/mol. The number of carbonyl (C=O) groups excluding carboxylic acids is 1. The van der Waals surface area contributed by atoms with E-state index in [1.54, 1.807) is 0 Å². The minimum Gasteiger partial charge on any atom is -0.431 e. The van der Waals surface area contributed by atoms with Gasteiger partial charge in [0.2, 0.25) is 5.91 Å². The van der Waals surface area contributed by atoms with Crippen LogP contribution in [-0.4, -0.2) is 36.4 Å². The van der Waals surface area contributed by atoms with Crippen molar-refractivity contribution in [2.75, 3.05) is 25.5 Å². The maximum Gasteiger partial charge on any atom is 0.257 e. The maximum absolute atomic E-state index is 11.7. The van der Waals surface area contributed by atoms with Gasteiger partial charge in [-0.25, -0.2) is 4.98 Å². The molecule has 0 aliphatic heterocycles. The van der Waals surface area contributed by atoms with E-state index in [0.29, 0.717) is 25.0 Å². The lowest BCUT2D eigenvalue weighted by Gasteiger charge is -2.05. The Morgan fingerprint density at radius 3 is 3.05 bits per heavy atom. The molecule has 0 aliphatic rings. The first-order valence-corrected chi connectivity index (χ1v) is 7.61. The van der Waals surface area contributed by atoms with Gasteiger partial charge in [-0.05, 0) is 19.1 Å². The highest BCUT2D eigenvalue weighted by Gasteiger charge is 2.08. The number of hydrogen-bond acceptors (Lipinski definition) is 5. The minimum absolute atomic E-state index is 0.0684. The third-order valence-corrected chi connectivity index (χ3v) is 3.35. The average molecular weight is 306 g/mol. The fourth-order valence-electron chi connectivity index (χ4n) is 1.60. The van der Waals surface area contributed by atoms with Crippen LogP contribution in [0.3, 0.4) is 0 Å². The van der Waals surface area contributed by atoms with Gasteiger partial charge in [0.25, 0.3) is 5.22 Å². The Kier molecular flexibility index (Phi) is 5.83. The van der Waals surface area contributed by atoms with E-state index in [2.05, 4.69) is 16.9 Å². The summed E-state index contributed by atoms with van der Waals surface area (Å²) in [5.41, 5.74) is 2.50. The van der Waals surface area contributed by atoms with Gasteiger partial charge in [0.15, 0.2) is 5.58 Å². The molecule has 0 fully saturated rings. The molecule has 21 heavy (non-hydrogen) atoms.